The van der Waals surface area contributed by atoms with E-state index >= 15 is 0 Å². The molecule has 7 nitrogen and oxygen atoms in total. The van der Waals surface area contributed by atoms with Gasteiger partial charge in [-0.2, -0.15) is 5.10 Å². The van der Waals surface area contributed by atoms with Gasteiger partial charge in [0.1, 0.15) is 0 Å². The first-order valence-corrected chi connectivity index (χ1v) is 10.1. The van der Waals surface area contributed by atoms with Crippen LogP contribution in [0.2, 0.25) is 5.02 Å². The van der Waals surface area contributed by atoms with Gasteiger partial charge in [0.2, 0.25) is 10.0 Å². The van der Waals surface area contributed by atoms with Gasteiger partial charge in [-0.05, 0) is 42.3 Å². The number of amides is 1. The van der Waals surface area contributed by atoms with E-state index in [9.17, 15) is 13.2 Å². The molecule has 0 bridgehead atoms. The fourth-order valence-corrected chi connectivity index (χ4v) is 3.85. The van der Waals surface area contributed by atoms with Crippen molar-refractivity contribution in [1.29, 1.82) is 0 Å². The Kier molecular flexibility index (Phi) is 4.26. The topological polar surface area (TPSA) is 98.3 Å². The minimum absolute atomic E-state index is 0.0254. The maximum Gasteiger partial charge on any atom is 0.278 e. The van der Waals surface area contributed by atoms with E-state index in [1.807, 2.05) is 12.1 Å². The maximum absolute atomic E-state index is 12.9. The summed E-state index contributed by atoms with van der Waals surface area (Å²) in [6.45, 7) is 0.446. The number of nitrogens with two attached hydrogens (primary N) is 1. The average Bonchev–Trinajstić information content (AvgIpc) is 3.27. The molecule has 0 atom stereocenters. The summed E-state index contributed by atoms with van der Waals surface area (Å²) in [5.41, 5.74) is 2.33. The second-order valence-electron chi connectivity index (χ2n) is 6.14. The van der Waals surface area contributed by atoms with Crippen molar-refractivity contribution in [1.82, 2.24) is 9.78 Å². The zero-order valence-electron chi connectivity index (χ0n) is 14.0. The molecule has 2 heterocycles. The van der Waals surface area contributed by atoms with Crippen LogP contribution in [0.25, 0.3) is 5.69 Å². The Morgan fingerprint density at radius 2 is 1.89 bits per heavy atom. The summed E-state index contributed by atoms with van der Waals surface area (Å²) in [5, 5.41) is 10.1. The molecule has 138 valence electrons. The van der Waals surface area contributed by atoms with Gasteiger partial charge in [0.05, 0.1) is 15.6 Å². The quantitative estimate of drug-likeness (QED) is 0.727. The van der Waals surface area contributed by atoms with Gasteiger partial charge < -0.3 is 4.90 Å². The number of primary sulfonamides is 1. The van der Waals surface area contributed by atoms with E-state index in [0.717, 1.165) is 5.56 Å². The third-order valence-electron chi connectivity index (χ3n) is 4.43. The van der Waals surface area contributed by atoms with Crippen molar-refractivity contribution in [3.63, 3.8) is 0 Å². The summed E-state index contributed by atoms with van der Waals surface area (Å²) in [7, 11) is -3.85. The second-order valence-corrected chi connectivity index (χ2v) is 8.11. The molecule has 1 aromatic heterocycles. The van der Waals surface area contributed by atoms with Crippen LogP contribution in [0.15, 0.2) is 59.6 Å². The fraction of sp³-hybridized carbons (Fsp3) is 0.111. The number of para-hydroxylation sites is 1. The molecule has 0 saturated carbocycles. The van der Waals surface area contributed by atoms with Crippen LogP contribution < -0.4 is 10.0 Å². The van der Waals surface area contributed by atoms with Crippen molar-refractivity contribution >= 4 is 33.2 Å². The lowest BCUT2D eigenvalue weighted by atomic mass is 10.2. The number of rotatable bonds is 3. The SMILES string of the molecule is NS(=O)(=O)c1ccc2c(c1)N(C(=O)c1ccn(-c3ccccc3Cl)n1)CC2. The van der Waals surface area contributed by atoms with Crippen molar-refractivity contribution in [3.8, 4) is 5.69 Å². The molecule has 0 fully saturated rings. The van der Waals surface area contributed by atoms with Crippen molar-refractivity contribution < 1.29 is 13.2 Å². The highest BCUT2D eigenvalue weighted by molar-refractivity contribution is 7.89. The van der Waals surface area contributed by atoms with Crippen LogP contribution >= 0.6 is 11.6 Å². The highest BCUT2D eigenvalue weighted by Crippen LogP contribution is 2.31. The number of fused-ring (bicyclic) bond motifs is 1. The van der Waals surface area contributed by atoms with Crippen LogP contribution in [0.3, 0.4) is 0 Å². The van der Waals surface area contributed by atoms with Crippen molar-refractivity contribution in [2.45, 2.75) is 11.3 Å². The van der Waals surface area contributed by atoms with Crippen LogP contribution in [-0.4, -0.2) is 30.7 Å². The van der Waals surface area contributed by atoms with Crippen LogP contribution in [0.5, 0.6) is 0 Å². The highest BCUT2D eigenvalue weighted by atomic mass is 35.5. The van der Waals surface area contributed by atoms with Gasteiger partial charge in [-0.1, -0.05) is 29.8 Å². The summed E-state index contributed by atoms with van der Waals surface area (Å²) in [4.78, 5) is 14.4. The lowest BCUT2D eigenvalue weighted by Crippen LogP contribution is -2.29. The Labute approximate surface area is 161 Å². The molecule has 27 heavy (non-hydrogen) atoms. The van der Waals surface area contributed by atoms with E-state index in [-0.39, 0.29) is 16.5 Å². The normalized spacial score (nSPS) is 13.6. The molecule has 4 rings (SSSR count). The summed E-state index contributed by atoms with van der Waals surface area (Å²) in [5.74, 6) is -0.314. The summed E-state index contributed by atoms with van der Waals surface area (Å²) in [6, 6.07) is 13.4. The zero-order valence-corrected chi connectivity index (χ0v) is 15.6. The van der Waals surface area contributed by atoms with Crippen LogP contribution in [-0.2, 0) is 16.4 Å². The maximum atomic E-state index is 12.9. The highest BCUT2D eigenvalue weighted by Gasteiger charge is 2.28. The van der Waals surface area contributed by atoms with Crippen LogP contribution in [0.1, 0.15) is 16.1 Å². The third kappa shape index (κ3) is 3.23. The first-order chi connectivity index (χ1) is 12.8. The summed E-state index contributed by atoms with van der Waals surface area (Å²) >= 11 is 6.18. The largest absolute Gasteiger partial charge is 0.306 e. The number of sulfonamides is 1. The molecule has 3 aromatic rings. The number of hydrogen-bond acceptors (Lipinski definition) is 4. The van der Waals surface area contributed by atoms with Crippen LogP contribution in [0.4, 0.5) is 5.69 Å². The van der Waals surface area contributed by atoms with Gasteiger partial charge in [-0.15, -0.1) is 0 Å². The van der Waals surface area contributed by atoms with Gasteiger partial charge >= 0.3 is 0 Å². The average molecular weight is 403 g/mol. The van der Waals surface area contributed by atoms with E-state index in [1.54, 1.807) is 30.5 Å². The molecule has 0 saturated heterocycles. The molecule has 1 aliphatic rings. The molecule has 2 aromatic carbocycles. The van der Waals surface area contributed by atoms with E-state index in [2.05, 4.69) is 5.10 Å². The van der Waals surface area contributed by atoms with Crippen LogP contribution in [0, 0.1) is 0 Å². The van der Waals surface area contributed by atoms with Crippen molar-refractivity contribution in [2.24, 2.45) is 5.14 Å². The Morgan fingerprint density at radius 1 is 1.11 bits per heavy atom. The first-order valence-electron chi connectivity index (χ1n) is 8.13. The Balaban J connectivity index is 1.67. The standard InChI is InChI=1S/C18H15ClN4O3S/c19-14-3-1-2-4-16(14)23-10-8-15(21-23)18(24)22-9-7-12-5-6-13(11-17(12)22)27(20,25)26/h1-6,8,10-11H,7,9H2,(H2,20,25,26). The van der Waals surface area contributed by atoms with Gasteiger partial charge in [0.25, 0.3) is 5.91 Å². The zero-order chi connectivity index (χ0) is 19.2. The molecular weight excluding hydrogens is 388 g/mol. The number of aromatic nitrogens is 2. The number of hydrogen-bond donors (Lipinski definition) is 1. The van der Waals surface area contributed by atoms with E-state index < -0.39 is 10.0 Å². The van der Waals surface area contributed by atoms with Crippen molar-refractivity contribution in [3.05, 3.63) is 71.0 Å². The molecule has 0 radical (unpaired) electrons. The number of anilines is 1. The fourth-order valence-electron chi connectivity index (χ4n) is 3.09. The molecule has 0 unspecified atom stereocenters. The molecule has 0 spiro atoms. The molecule has 9 heteroatoms. The smallest absolute Gasteiger partial charge is 0.278 e. The molecule has 1 amide bonds. The van der Waals surface area contributed by atoms with Gasteiger partial charge in [0.15, 0.2) is 5.69 Å². The Bertz CT molecular complexity index is 1160. The number of halogens is 1. The van der Waals surface area contributed by atoms with E-state index in [1.165, 1.54) is 21.7 Å². The molecule has 0 aliphatic carbocycles. The van der Waals surface area contributed by atoms with Gasteiger partial charge in [-0.25, -0.2) is 18.2 Å². The van der Waals surface area contributed by atoms with E-state index in [0.29, 0.717) is 29.4 Å². The lowest BCUT2D eigenvalue weighted by Gasteiger charge is -2.16. The minimum Gasteiger partial charge on any atom is -0.306 e. The molecular formula is C18H15ClN4O3S. The van der Waals surface area contributed by atoms with Gasteiger partial charge in [0, 0.05) is 18.4 Å². The summed E-state index contributed by atoms with van der Waals surface area (Å²) in [6.07, 6.45) is 2.30. The monoisotopic (exact) mass is 402 g/mol. The number of benzene rings is 2. The summed E-state index contributed by atoms with van der Waals surface area (Å²) < 4.78 is 24.8. The number of carbonyl (C=O) groups is 1. The Morgan fingerprint density at radius 3 is 2.63 bits per heavy atom. The molecule has 2 N–H and O–H groups in total. The number of carbonyl (C=O) groups excluding carboxylic acids is 1. The molecule has 1 aliphatic heterocycles. The number of nitrogens with zero attached hydrogens (tertiary/aromatic N) is 3. The van der Waals surface area contributed by atoms with Gasteiger partial charge in [-0.3, -0.25) is 4.79 Å². The second kappa shape index (κ2) is 6.49. The first kappa shape index (κ1) is 17.7. The van der Waals surface area contributed by atoms with Crippen molar-refractivity contribution in [2.75, 3.05) is 11.4 Å². The predicted molar refractivity (Wildman–Crippen MR) is 102 cm³/mol. The van der Waals surface area contributed by atoms with E-state index in [4.69, 9.17) is 16.7 Å². The minimum atomic E-state index is -3.85. The third-order valence-corrected chi connectivity index (χ3v) is 5.66. The predicted octanol–water partition coefficient (Wildman–Crippen LogP) is 2.38. The Hall–Kier alpha value is -2.68. The lowest BCUT2D eigenvalue weighted by molar-refractivity contribution is 0.0984.